The van der Waals surface area contributed by atoms with Gasteiger partial charge in [0.15, 0.2) is 16.7 Å². The van der Waals surface area contributed by atoms with E-state index in [1.165, 1.54) is 11.8 Å². The number of methoxy groups -OCH3 is 2. The predicted octanol–water partition coefficient (Wildman–Crippen LogP) is 4.58. The van der Waals surface area contributed by atoms with Crippen molar-refractivity contribution in [3.8, 4) is 22.9 Å². The molecule has 0 spiro atoms. The van der Waals surface area contributed by atoms with Gasteiger partial charge in [0.1, 0.15) is 0 Å². The normalized spacial score (nSPS) is 11.1. The van der Waals surface area contributed by atoms with Crippen molar-refractivity contribution in [1.82, 2.24) is 20.1 Å². The van der Waals surface area contributed by atoms with Crippen LogP contribution in [0.5, 0.6) is 11.5 Å². The van der Waals surface area contributed by atoms with E-state index in [9.17, 15) is 0 Å². The van der Waals surface area contributed by atoms with Crippen LogP contribution in [0.1, 0.15) is 5.89 Å². The fraction of sp³-hybridized carbons (Fsp3) is 0.167. The number of thioether (sulfide) groups is 1. The Kier molecular flexibility index (Phi) is 4.91. The summed E-state index contributed by atoms with van der Waals surface area (Å²) in [5, 5.41) is 5.47. The van der Waals surface area contributed by atoms with Gasteiger partial charge in [0.25, 0.3) is 0 Å². The molecule has 0 aliphatic heterocycles. The number of imidazole rings is 1. The molecule has 0 aliphatic carbocycles. The van der Waals surface area contributed by atoms with Crippen LogP contribution >= 0.6 is 23.4 Å². The molecule has 0 aliphatic rings. The molecule has 0 saturated heterocycles. The highest BCUT2D eigenvalue weighted by Gasteiger charge is 2.13. The fourth-order valence-electron chi connectivity index (χ4n) is 2.56. The van der Waals surface area contributed by atoms with E-state index in [-0.39, 0.29) is 0 Å². The number of H-pyrrole nitrogens is 1. The lowest BCUT2D eigenvalue weighted by molar-refractivity contribution is 0.355. The van der Waals surface area contributed by atoms with Crippen molar-refractivity contribution in [3.63, 3.8) is 0 Å². The summed E-state index contributed by atoms with van der Waals surface area (Å²) in [5.74, 6) is 2.74. The number of nitrogens with one attached hydrogen (secondary N) is 1. The zero-order valence-corrected chi connectivity index (χ0v) is 16.1. The molecule has 138 valence electrons. The second-order valence-electron chi connectivity index (χ2n) is 5.57. The number of aromatic amines is 1. The molecule has 2 heterocycles. The maximum absolute atomic E-state index is 6.00. The Morgan fingerprint density at radius 3 is 2.74 bits per heavy atom. The fourth-order valence-corrected chi connectivity index (χ4v) is 3.46. The Hall–Kier alpha value is -2.71. The number of aromatic nitrogens is 4. The van der Waals surface area contributed by atoms with E-state index >= 15 is 0 Å². The van der Waals surface area contributed by atoms with Gasteiger partial charge < -0.3 is 19.0 Å². The summed E-state index contributed by atoms with van der Waals surface area (Å²) in [7, 11) is 3.17. The van der Waals surface area contributed by atoms with Crippen molar-refractivity contribution in [2.75, 3.05) is 14.2 Å². The number of benzene rings is 2. The van der Waals surface area contributed by atoms with Gasteiger partial charge in [0, 0.05) is 10.6 Å². The maximum Gasteiger partial charge on any atom is 0.237 e. The van der Waals surface area contributed by atoms with E-state index in [0.717, 1.165) is 21.8 Å². The van der Waals surface area contributed by atoms with Crippen LogP contribution in [0.25, 0.3) is 22.4 Å². The average Bonchev–Trinajstić information content (AvgIpc) is 3.32. The first kappa shape index (κ1) is 17.7. The van der Waals surface area contributed by atoms with Gasteiger partial charge in [-0.3, -0.25) is 0 Å². The number of hydrogen-bond acceptors (Lipinski definition) is 7. The molecule has 0 radical (unpaired) electrons. The summed E-state index contributed by atoms with van der Waals surface area (Å²) < 4.78 is 15.9. The van der Waals surface area contributed by atoms with Gasteiger partial charge >= 0.3 is 0 Å². The third kappa shape index (κ3) is 3.72. The van der Waals surface area contributed by atoms with Gasteiger partial charge in [-0.1, -0.05) is 28.5 Å². The van der Waals surface area contributed by atoms with Gasteiger partial charge in [0.05, 0.1) is 31.0 Å². The van der Waals surface area contributed by atoms with E-state index in [1.54, 1.807) is 20.3 Å². The summed E-state index contributed by atoms with van der Waals surface area (Å²) in [6.45, 7) is 0. The van der Waals surface area contributed by atoms with Crippen LogP contribution in [0.15, 0.2) is 46.1 Å². The smallest absolute Gasteiger partial charge is 0.237 e. The van der Waals surface area contributed by atoms with Crippen molar-refractivity contribution < 1.29 is 14.0 Å². The van der Waals surface area contributed by atoms with Gasteiger partial charge in [-0.25, -0.2) is 4.98 Å². The van der Waals surface area contributed by atoms with Crippen molar-refractivity contribution in [1.29, 1.82) is 0 Å². The molecule has 9 heteroatoms. The zero-order valence-electron chi connectivity index (χ0n) is 14.5. The van der Waals surface area contributed by atoms with Crippen molar-refractivity contribution in [2.24, 2.45) is 0 Å². The molecule has 2 aromatic carbocycles. The molecule has 0 saturated carbocycles. The molecule has 0 fully saturated rings. The second kappa shape index (κ2) is 7.50. The Bertz CT molecular complexity index is 1100. The van der Waals surface area contributed by atoms with Crippen LogP contribution in [0.2, 0.25) is 5.02 Å². The zero-order chi connectivity index (χ0) is 18.8. The number of ether oxygens (including phenoxy) is 2. The number of hydrogen-bond donors (Lipinski definition) is 1. The molecule has 0 atom stereocenters. The lowest BCUT2D eigenvalue weighted by Crippen LogP contribution is -1.91. The lowest BCUT2D eigenvalue weighted by Gasteiger charge is -2.07. The van der Waals surface area contributed by atoms with E-state index in [1.807, 2.05) is 30.3 Å². The summed E-state index contributed by atoms with van der Waals surface area (Å²) >= 11 is 7.47. The highest BCUT2D eigenvalue weighted by molar-refractivity contribution is 7.98. The molecule has 2 aromatic heterocycles. The molecule has 0 amide bonds. The predicted molar refractivity (Wildman–Crippen MR) is 104 cm³/mol. The minimum atomic E-state index is 0.489. The van der Waals surface area contributed by atoms with Crippen LogP contribution in [-0.4, -0.2) is 34.3 Å². The van der Waals surface area contributed by atoms with Gasteiger partial charge in [-0.2, -0.15) is 4.98 Å². The first-order chi connectivity index (χ1) is 13.2. The third-order valence-corrected chi connectivity index (χ3v) is 4.96. The van der Waals surface area contributed by atoms with Crippen molar-refractivity contribution in [3.05, 3.63) is 47.3 Å². The van der Waals surface area contributed by atoms with E-state index in [0.29, 0.717) is 34.0 Å². The van der Waals surface area contributed by atoms with Crippen LogP contribution in [0, 0.1) is 0 Å². The highest BCUT2D eigenvalue weighted by Crippen LogP contribution is 2.31. The molecule has 4 rings (SSSR count). The van der Waals surface area contributed by atoms with Gasteiger partial charge in [-0.15, -0.1) is 0 Å². The van der Waals surface area contributed by atoms with Crippen LogP contribution in [0.4, 0.5) is 0 Å². The summed E-state index contributed by atoms with van der Waals surface area (Å²) in [4.78, 5) is 12.2. The molecule has 0 bridgehead atoms. The van der Waals surface area contributed by atoms with E-state index in [2.05, 4.69) is 20.1 Å². The SMILES string of the molecule is COc1ccc(-c2noc(CSc3nc4ccc(Cl)cc4[nH]3)n2)cc1OC. The number of nitrogens with zero attached hydrogens (tertiary/aromatic N) is 3. The number of rotatable bonds is 6. The standard InChI is InChI=1S/C18H15ClN4O3S/c1-24-14-6-3-10(7-15(14)25-2)17-22-16(26-23-17)9-27-18-20-12-5-4-11(19)8-13(12)21-18/h3-8H,9H2,1-2H3,(H,20,21). The number of halogens is 1. The summed E-state index contributed by atoms with van der Waals surface area (Å²) in [6, 6.07) is 11.0. The van der Waals surface area contributed by atoms with Crippen LogP contribution in [0.3, 0.4) is 0 Å². The lowest BCUT2D eigenvalue weighted by atomic mass is 10.2. The van der Waals surface area contributed by atoms with Crippen molar-refractivity contribution in [2.45, 2.75) is 10.9 Å². The molecule has 27 heavy (non-hydrogen) atoms. The second-order valence-corrected chi connectivity index (χ2v) is 6.97. The minimum absolute atomic E-state index is 0.489. The monoisotopic (exact) mass is 402 g/mol. The maximum atomic E-state index is 6.00. The quantitative estimate of drug-likeness (QED) is 0.472. The van der Waals surface area contributed by atoms with Gasteiger partial charge in [0.2, 0.25) is 11.7 Å². The van der Waals surface area contributed by atoms with E-state index < -0.39 is 0 Å². The summed E-state index contributed by atoms with van der Waals surface area (Å²) in [6.07, 6.45) is 0. The summed E-state index contributed by atoms with van der Waals surface area (Å²) in [5.41, 5.74) is 2.53. The first-order valence-electron chi connectivity index (χ1n) is 7.99. The average molecular weight is 403 g/mol. The Labute approximate surface area is 164 Å². The van der Waals surface area contributed by atoms with Gasteiger partial charge in [-0.05, 0) is 36.4 Å². The molecule has 1 N–H and O–H groups in total. The van der Waals surface area contributed by atoms with Crippen LogP contribution in [-0.2, 0) is 5.75 Å². The van der Waals surface area contributed by atoms with Crippen LogP contribution < -0.4 is 9.47 Å². The largest absolute Gasteiger partial charge is 0.493 e. The highest BCUT2D eigenvalue weighted by atomic mass is 35.5. The Morgan fingerprint density at radius 1 is 1.07 bits per heavy atom. The van der Waals surface area contributed by atoms with E-state index in [4.69, 9.17) is 25.6 Å². The minimum Gasteiger partial charge on any atom is -0.493 e. The molecule has 0 unspecified atom stereocenters. The molecular weight excluding hydrogens is 388 g/mol. The Balaban J connectivity index is 1.49. The topological polar surface area (TPSA) is 86.1 Å². The Morgan fingerprint density at radius 2 is 1.93 bits per heavy atom. The third-order valence-electron chi connectivity index (χ3n) is 3.86. The molecular formula is C18H15ClN4O3S. The molecule has 7 nitrogen and oxygen atoms in total. The first-order valence-corrected chi connectivity index (χ1v) is 9.35. The number of fused-ring (bicyclic) bond motifs is 1. The van der Waals surface area contributed by atoms with Crippen molar-refractivity contribution >= 4 is 34.4 Å². The molecule has 4 aromatic rings.